The molecule has 2 rings (SSSR count). The lowest BCUT2D eigenvalue weighted by Gasteiger charge is -2.43. The molecule has 1 aromatic heterocycles. The number of carbonyl (C=O) groups is 2. The van der Waals surface area contributed by atoms with E-state index in [-0.39, 0.29) is 18.4 Å². The molecule has 1 atom stereocenters. The SMILES string of the molecule is Cc1cc(OCC(=O)N2CCCC(C)(C)C2C(=O)O)no1. The topological polar surface area (TPSA) is 92.9 Å². The number of aromatic nitrogens is 1. The molecule has 2 heterocycles. The Morgan fingerprint density at radius 1 is 1.57 bits per heavy atom. The molecule has 21 heavy (non-hydrogen) atoms. The van der Waals surface area contributed by atoms with Crippen molar-refractivity contribution in [3.63, 3.8) is 0 Å². The number of carbonyl (C=O) groups excluding carboxylic acids is 1. The molecular formula is C14H20N2O5. The highest BCUT2D eigenvalue weighted by atomic mass is 16.5. The summed E-state index contributed by atoms with van der Waals surface area (Å²) in [5.41, 5.74) is -0.454. The zero-order valence-corrected chi connectivity index (χ0v) is 12.5. The molecule has 1 fully saturated rings. The Bertz CT molecular complexity index is 537. The first kappa shape index (κ1) is 15.3. The maximum absolute atomic E-state index is 12.3. The van der Waals surface area contributed by atoms with E-state index in [1.54, 1.807) is 13.0 Å². The van der Waals surface area contributed by atoms with Crippen LogP contribution in [0.3, 0.4) is 0 Å². The lowest BCUT2D eigenvalue weighted by Crippen LogP contribution is -2.57. The van der Waals surface area contributed by atoms with Gasteiger partial charge in [-0.25, -0.2) is 4.79 Å². The average Bonchev–Trinajstić information content (AvgIpc) is 2.79. The third kappa shape index (κ3) is 3.34. The van der Waals surface area contributed by atoms with Gasteiger partial charge in [-0.15, -0.1) is 0 Å². The molecule has 1 N–H and O–H groups in total. The third-order valence-electron chi connectivity index (χ3n) is 3.78. The number of ether oxygens (including phenoxy) is 1. The number of aryl methyl sites for hydroxylation is 1. The van der Waals surface area contributed by atoms with Gasteiger partial charge in [0.05, 0.1) is 0 Å². The fourth-order valence-corrected chi connectivity index (χ4v) is 2.76. The minimum atomic E-state index is -0.981. The van der Waals surface area contributed by atoms with Crippen molar-refractivity contribution < 1.29 is 24.0 Å². The van der Waals surface area contributed by atoms with E-state index in [9.17, 15) is 14.7 Å². The maximum atomic E-state index is 12.3. The van der Waals surface area contributed by atoms with Crippen LogP contribution in [0.25, 0.3) is 0 Å². The quantitative estimate of drug-likeness (QED) is 0.904. The van der Waals surface area contributed by atoms with Crippen molar-refractivity contribution in [3.05, 3.63) is 11.8 Å². The van der Waals surface area contributed by atoms with E-state index in [0.717, 1.165) is 12.8 Å². The number of likely N-dealkylation sites (tertiary alicyclic amines) is 1. The molecule has 0 aliphatic carbocycles. The first-order valence-corrected chi connectivity index (χ1v) is 6.89. The second-order valence-electron chi connectivity index (χ2n) is 5.98. The summed E-state index contributed by atoms with van der Waals surface area (Å²) in [5, 5.41) is 13.1. The molecule has 0 saturated carbocycles. The van der Waals surface area contributed by atoms with Gasteiger partial charge in [0.15, 0.2) is 6.61 Å². The van der Waals surface area contributed by atoms with Gasteiger partial charge in [-0.2, -0.15) is 0 Å². The standard InChI is InChI=1S/C14H20N2O5/c1-9-7-10(15-21-9)20-8-11(17)16-6-4-5-14(2,3)12(16)13(18)19/h7,12H,4-6,8H2,1-3H3,(H,18,19). The molecule has 0 bridgehead atoms. The second kappa shape index (κ2) is 5.75. The number of hydrogen-bond donors (Lipinski definition) is 1. The number of aliphatic carboxylic acids is 1. The summed E-state index contributed by atoms with van der Waals surface area (Å²) in [4.78, 5) is 25.1. The van der Waals surface area contributed by atoms with Crippen LogP contribution < -0.4 is 4.74 Å². The molecule has 7 heteroatoms. The van der Waals surface area contributed by atoms with Crippen LogP contribution in [0.15, 0.2) is 10.6 Å². The van der Waals surface area contributed by atoms with E-state index in [1.165, 1.54) is 4.90 Å². The Morgan fingerprint density at radius 3 is 2.86 bits per heavy atom. The van der Waals surface area contributed by atoms with E-state index in [1.807, 2.05) is 13.8 Å². The van der Waals surface area contributed by atoms with E-state index in [2.05, 4.69) is 5.16 Å². The Hall–Kier alpha value is -2.05. The van der Waals surface area contributed by atoms with Crippen molar-refractivity contribution in [2.24, 2.45) is 5.41 Å². The predicted molar refractivity (Wildman–Crippen MR) is 72.9 cm³/mol. The first-order chi connectivity index (χ1) is 9.81. The van der Waals surface area contributed by atoms with Crippen molar-refractivity contribution in [3.8, 4) is 5.88 Å². The van der Waals surface area contributed by atoms with Crippen molar-refractivity contribution in [2.75, 3.05) is 13.2 Å². The molecule has 7 nitrogen and oxygen atoms in total. The van der Waals surface area contributed by atoms with Crippen LogP contribution in [0.4, 0.5) is 0 Å². The average molecular weight is 296 g/mol. The predicted octanol–water partition coefficient (Wildman–Crippen LogP) is 1.46. The number of rotatable bonds is 4. The van der Waals surface area contributed by atoms with Crippen LogP contribution in [-0.4, -0.2) is 46.2 Å². The van der Waals surface area contributed by atoms with Crippen LogP contribution in [0, 0.1) is 12.3 Å². The molecule has 1 unspecified atom stereocenters. The Morgan fingerprint density at radius 2 is 2.29 bits per heavy atom. The molecule has 116 valence electrons. The Kier molecular flexibility index (Phi) is 4.20. The van der Waals surface area contributed by atoms with Gasteiger partial charge in [-0.1, -0.05) is 13.8 Å². The number of carboxylic acid groups (broad SMARTS) is 1. The number of carboxylic acids is 1. The van der Waals surface area contributed by atoms with Crippen molar-refractivity contribution >= 4 is 11.9 Å². The van der Waals surface area contributed by atoms with Gasteiger partial charge in [-0.05, 0) is 30.3 Å². The fraction of sp³-hybridized carbons (Fsp3) is 0.643. The third-order valence-corrected chi connectivity index (χ3v) is 3.78. The highest BCUT2D eigenvalue weighted by Crippen LogP contribution is 2.35. The summed E-state index contributed by atoms with van der Waals surface area (Å²) in [7, 11) is 0. The zero-order valence-electron chi connectivity index (χ0n) is 12.5. The van der Waals surface area contributed by atoms with Crippen LogP contribution in [0.2, 0.25) is 0 Å². The van der Waals surface area contributed by atoms with Crippen LogP contribution in [-0.2, 0) is 9.59 Å². The lowest BCUT2D eigenvalue weighted by atomic mass is 9.76. The van der Waals surface area contributed by atoms with Crippen LogP contribution in [0.1, 0.15) is 32.4 Å². The van der Waals surface area contributed by atoms with Crippen molar-refractivity contribution in [1.82, 2.24) is 10.1 Å². The molecule has 1 saturated heterocycles. The summed E-state index contributed by atoms with van der Waals surface area (Å²) >= 11 is 0. The van der Waals surface area contributed by atoms with Gasteiger partial charge < -0.3 is 19.3 Å². The summed E-state index contributed by atoms with van der Waals surface area (Å²) in [5.74, 6) is -0.523. The highest BCUT2D eigenvalue weighted by molar-refractivity contribution is 5.85. The van der Waals surface area contributed by atoms with Crippen molar-refractivity contribution in [2.45, 2.75) is 39.7 Å². The van der Waals surface area contributed by atoms with Crippen LogP contribution in [0.5, 0.6) is 5.88 Å². The molecular weight excluding hydrogens is 276 g/mol. The summed E-state index contributed by atoms with van der Waals surface area (Å²) in [6.07, 6.45) is 1.56. The van der Waals surface area contributed by atoms with Crippen LogP contribution >= 0.6 is 0 Å². The molecule has 0 radical (unpaired) electrons. The summed E-state index contributed by atoms with van der Waals surface area (Å²) in [6.45, 7) is 5.64. The zero-order chi connectivity index (χ0) is 15.6. The normalized spacial score (nSPS) is 21.1. The second-order valence-corrected chi connectivity index (χ2v) is 5.98. The van der Waals surface area contributed by atoms with E-state index < -0.39 is 17.4 Å². The van der Waals surface area contributed by atoms with Gasteiger partial charge in [0.1, 0.15) is 11.8 Å². The number of hydrogen-bond acceptors (Lipinski definition) is 5. The first-order valence-electron chi connectivity index (χ1n) is 6.89. The Balaban J connectivity index is 2.04. The number of amides is 1. The lowest BCUT2D eigenvalue weighted by molar-refractivity contribution is -0.159. The van der Waals surface area contributed by atoms with Gasteiger partial charge in [0, 0.05) is 12.6 Å². The monoisotopic (exact) mass is 296 g/mol. The van der Waals surface area contributed by atoms with Crippen molar-refractivity contribution in [1.29, 1.82) is 0 Å². The minimum absolute atomic E-state index is 0.226. The molecule has 1 aliphatic heterocycles. The maximum Gasteiger partial charge on any atom is 0.326 e. The van der Waals surface area contributed by atoms with Gasteiger partial charge in [0.2, 0.25) is 0 Å². The molecule has 1 amide bonds. The smallest absolute Gasteiger partial charge is 0.326 e. The van der Waals surface area contributed by atoms with E-state index >= 15 is 0 Å². The number of nitrogens with zero attached hydrogens (tertiary/aromatic N) is 2. The molecule has 0 spiro atoms. The molecule has 0 aromatic carbocycles. The van der Waals surface area contributed by atoms with Gasteiger partial charge in [-0.3, -0.25) is 4.79 Å². The van der Waals surface area contributed by atoms with E-state index in [0.29, 0.717) is 12.3 Å². The number of piperidine rings is 1. The fourth-order valence-electron chi connectivity index (χ4n) is 2.76. The summed E-state index contributed by atoms with van der Waals surface area (Å²) in [6, 6.07) is 0.739. The van der Waals surface area contributed by atoms with Gasteiger partial charge >= 0.3 is 5.97 Å². The largest absolute Gasteiger partial charge is 0.480 e. The molecule has 1 aliphatic rings. The Labute approximate surface area is 122 Å². The minimum Gasteiger partial charge on any atom is -0.480 e. The van der Waals surface area contributed by atoms with Gasteiger partial charge in [0.25, 0.3) is 11.8 Å². The van der Waals surface area contributed by atoms with E-state index in [4.69, 9.17) is 9.26 Å². The highest BCUT2D eigenvalue weighted by Gasteiger charge is 2.44. The summed E-state index contributed by atoms with van der Waals surface area (Å²) < 4.78 is 10.1. The molecule has 1 aromatic rings.